The number of aliphatic hydroxyl groups excluding tert-OH is 1. The molecule has 0 radical (unpaired) electrons. The lowest BCUT2D eigenvalue weighted by molar-refractivity contribution is 0.167. The molecule has 0 amide bonds. The Morgan fingerprint density at radius 3 is 3.08 bits per heavy atom. The third kappa shape index (κ3) is 3.07. The second-order valence-corrected chi connectivity index (χ2v) is 2.82. The van der Waals surface area contributed by atoms with Crippen molar-refractivity contribution in [3.63, 3.8) is 0 Å². The Balaban J connectivity index is 2.11. The lowest BCUT2D eigenvalue weighted by Crippen LogP contribution is -2.25. The van der Waals surface area contributed by atoms with E-state index in [1.807, 2.05) is 13.0 Å². The number of rotatable bonds is 5. The maximum Gasteiger partial charge on any atom is 0.0947 e. The summed E-state index contributed by atoms with van der Waals surface area (Å²) in [5.41, 5.74) is 1.11. The lowest BCUT2D eigenvalue weighted by Gasteiger charge is -2.07. The topological polar surface area (TPSA) is 45.4 Å². The summed E-state index contributed by atoms with van der Waals surface area (Å²) in [5, 5.41) is 12.3. The molecule has 0 aliphatic heterocycles. The molecule has 68 valence electrons. The fourth-order valence-electron chi connectivity index (χ4n) is 0.921. The van der Waals surface area contributed by atoms with E-state index < -0.39 is 0 Å². The van der Waals surface area contributed by atoms with Crippen molar-refractivity contribution >= 4 is 0 Å². The number of aliphatic hydroxyl groups is 1. The maximum atomic E-state index is 9.20. The summed E-state index contributed by atoms with van der Waals surface area (Å²) in [5.74, 6) is 0. The first-order valence-electron chi connectivity index (χ1n) is 4.22. The molecule has 1 aromatic rings. The van der Waals surface area contributed by atoms with Crippen molar-refractivity contribution in [1.29, 1.82) is 0 Å². The van der Waals surface area contributed by atoms with Crippen molar-refractivity contribution in [3.8, 4) is 0 Å². The second-order valence-electron chi connectivity index (χ2n) is 2.82. The van der Waals surface area contributed by atoms with E-state index in [1.165, 1.54) is 0 Å². The third-order valence-corrected chi connectivity index (χ3v) is 1.76. The summed E-state index contributed by atoms with van der Waals surface area (Å²) in [7, 11) is 0. The highest BCUT2D eigenvalue weighted by atomic mass is 16.3. The van der Waals surface area contributed by atoms with Gasteiger partial charge in [0.15, 0.2) is 0 Å². The van der Waals surface area contributed by atoms with Crippen molar-refractivity contribution in [2.45, 2.75) is 26.0 Å². The summed E-state index contributed by atoms with van der Waals surface area (Å²) in [4.78, 5) is 0. The van der Waals surface area contributed by atoms with Gasteiger partial charge in [-0.3, -0.25) is 0 Å². The van der Waals surface area contributed by atoms with Crippen LogP contribution in [0.1, 0.15) is 18.9 Å². The van der Waals surface area contributed by atoms with E-state index in [4.69, 9.17) is 4.42 Å². The Kier molecular flexibility index (Phi) is 3.84. The van der Waals surface area contributed by atoms with Gasteiger partial charge in [-0.1, -0.05) is 6.92 Å². The molecule has 0 saturated carbocycles. The first-order chi connectivity index (χ1) is 5.83. The molecule has 12 heavy (non-hydrogen) atoms. The van der Waals surface area contributed by atoms with Crippen LogP contribution in [0.5, 0.6) is 0 Å². The standard InChI is InChI=1S/C9H15NO2/c1-2-9(11)6-10-5-8-3-4-12-7-8/h3-4,7,9-11H,2,5-6H2,1H3. The number of nitrogens with one attached hydrogen (secondary N) is 1. The summed E-state index contributed by atoms with van der Waals surface area (Å²) in [6, 6.07) is 1.91. The fourth-order valence-corrected chi connectivity index (χ4v) is 0.921. The van der Waals surface area contributed by atoms with E-state index in [1.54, 1.807) is 12.5 Å². The second kappa shape index (κ2) is 4.95. The van der Waals surface area contributed by atoms with Gasteiger partial charge < -0.3 is 14.8 Å². The first kappa shape index (κ1) is 9.29. The minimum Gasteiger partial charge on any atom is -0.472 e. The van der Waals surface area contributed by atoms with E-state index in [0.717, 1.165) is 18.5 Å². The predicted molar refractivity (Wildman–Crippen MR) is 46.7 cm³/mol. The molecule has 0 bridgehead atoms. The van der Waals surface area contributed by atoms with Crippen LogP contribution in [0.3, 0.4) is 0 Å². The van der Waals surface area contributed by atoms with Gasteiger partial charge in [-0.25, -0.2) is 0 Å². The zero-order chi connectivity index (χ0) is 8.81. The van der Waals surface area contributed by atoms with Crippen molar-refractivity contribution < 1.29 is 9.52 Å². The normalized spacial score (nSPS) is 13.2. The maximum absolute atomic E-state index is 9.20. The van der Waals surface area contributed by atoms with E-state index in [2.05, 4.69) is 5.32 Å². The van der Waals surface area contributed by atoms with Gasteiger partial charge in [0.25, 0.3) is 0 Å². The molecule has 0 aromatic carbocycles. The van der Waals surface area contributed by atoms with Crippen LogP contribution in [0, 0.1) is 0 Å². The summed E-state index contributed by atoms with van der Waals surface area (Å²) >= 11 is 0. The van der Waals surface area contributed by atoms with Crippen molar-refractivity contribution in [2.24, 2.45) is 0 Å². The van der Waals surface area contributed by atoms with Crippen LogP contribution in [0.4, 0.5) is 0 Å². The SMILES string of the molecule is CCC(O)CNCc1ccoc1. The molecular formula is C9H15NO2. The molecule has 3 heteroatoms. The van der Waals surface area contributed by atoms with Crippen molar-refractivity contribution in [2.75, 3.05) is 6.54 Å². The number of hydrogen-bond donors (Lipinski definition) is 2. The van der Waals surface area contributed by atoms with E-state index in [-0.39, 0.29) is 6.10 Å². The Labute approximate surface area is 72.4 Å². The lowest BCUT2D eigenvalue weighted by atomic mass is 10.2. The minimum absolute atomic E-state index is 0.239. The van der Waals surface area contributed by atoms with Gasteiger partial charge in [-0.05, 0) is 12.5 Å². The number of furan rings is 1. The summed E-state index contributed by atoms with van der Waals surface area (Å²) < 4.78 is 4.90. The van der Waals surface area contributed by atoms with Gasteiger partial charge in [0.05, 0.1) is 18.6 Å². The smallest absolute Gasteiger partial charge is 0.0947 e. The summed E-state index contributed by atoms with van der Waals surface area (Å²) in [6.07, 6.45) is 3.90. The zero-order valence-electron chi connectivity index (χ0n) is 7.29. The van der Waals surface area contributed by atoms with Gasteiger partial charge in [0, 0.05) is 18.7 Å². The highest BCUT2D eigenvalue weighted by Crippen LogP contribution is 1.98. The molecule has 0 aliphatic rings. The molecular weight excluding hydrogens is 154 g/mol. The van der Waals surface area contributed by atoms with Crippen LogP contribution < -0.4 is 5.32 Å². The van der Waals surface area contributed by atoms with Gasteiger partial charge >= 0.3 is 0 Å². The number of hydrogen-bond acceptors (Lipinski definition) is 3. The van der Waals surface area contributed by atoms with Crippen LogP contribution in [-0.4, -0.2) is 17.8 Å². The molecule has 3 nitrogen and oxygen atoms in total. The van der Waals surface area contributed by atoms with Crippen LogP contribution in [0.15, 0.2) is 23.0 Å². The zero-order valence-corrected chi connectivity index (χ0v) is 7.29. The highest BCUT2D eigenvalue weighted by Gasteiger charge is 1.99. The Morgan fingerprint density at radius 1 is 1.67 bits per heavy atom. The quantitative estimate of drug-likeness (QED) is 0.694. The molecule has 0 aliphatic carbocycles. The van der Waals surface area contributed by atoms with Gasteiger partial charge in [0.2, 0.25) is 0 Å². The molecule has 1 rings (SSSR count). The summed E-state index contributed by atoms with van der Waals surface area (Å²) in [6.45, 7) is 3.36. The van der Waals surface area contributed by atoms with Gasteiger partial charge in [-0.15, -0.1) is 0 Å². The van der Waals surface area contributed by atoms with Gasteiger partial charge in [-0.2, -0.15) is 0 Å². The average Bonchev–Trinajstić information content (AvgIpc) is 2.57. The monoisotopic (exact) mass is 169 g/mol. The fraction of sp³-hybridized carbons (Fsp3) is 0.556. The van der Waals surface area contributed by atoms with E-state index >= 15 is 0 Å². The van der Waals surface area contributed by atoms with Crippen LogP contribution in [-0.2, 0) is 6.54 Å². The first-order valence-corrected chi connectivity index (χ1v) is 4.22. The largest absolute Gasteiger partial charge is 0.472 e. The van der Waals surface area contributed by atoms with Crippen molar-refractivity contribution in [1.82, 2.24) is 5.32 Å². The van der Waals surface area contributed by atoms with Gasteiger partial charge in [0.1, 0.15) is 0 Å². The van der Waals surface area contributed by atoms with Crippen molar-refractivity contribution in [3.05, 3.63) is 24.2 Å². The highest BCUT2D eigenvalue weighted by molar-refractivity contribution is 5.04. The minimum atomic E-state index is -0.239. The molecule has 1 aromatic heterocycles. The van der Waals surface area contributed by atoms with Crippen LogP contribution >= 0.6 is 0 Å². The molecule has 1 heterocycles. The molecule has 2 N–H and O–H groups in total. The Morgan fingerprint density at radius 2 is 2.50 bits per heavy atom. The molecule has 1 atom stereocenters. The molecule has 1 unspecified atom stereocenters. The molecule has 0 saturated heterocycles. The van der Waals surface area contributed by atoms with E-state index in [9.17, 15) is 5.11 Å². The predicted octanol–water partition coefficient (Wildman–Crippen LogP) is 1.14. The Bertz CT molecular complexity index is 196. The molecule has 0 spiro atoms. The third-order valence-electron chi connectivity index (χ3n) is 1.76. The molecule has 0 fully saturated rings. The average molecular weight is 169 g/mol. The van der Waals surface area contributed by atoms with E-state index in [0.29, 0.717) is 6.54 Å². The Hall–Kier alpha value is -0.800. The van der Waals surface area contributed by atoms with Crippen LogP contribution in [0.25, 0.3) is 0 Å². The van der Waals surface area contributed by atoms with Crippen LogP contribution in [0.2, 0.25) is 0 Å².